The van der Waals surface area contributed by atoms with Crippen LogP contribution in [0.25, 0.3) is 22.5 Å². The number of carbonyl (C=O) groups excluding carboxylic acids is 5. The third kappa shape index (κ3) is 9.25. The summed E-state index contributed by atoms with van der Waals surface area (Å²) < 4.78 is 9.58. The zero-order chi connectivity index (χ0) is 41.3. The molecule has 2 fully saturated rings. The number of aromatic nitrogens is 3. The number of alkyl carbamates (subject to hydrolysis) is 2. The number of carbonyl (C=O) groups is 5. The van der Waals surface area contributed by atoms with E-state index in [0.717, 1.165) is 30.4 Å². The smallest absolute Gasteiger partial charge is 0.407 e. The number of nitrogens with one attached hydrogen (secondary N) is 4. The molecule has 2 aliphatic heterocycles. The summed E-state index contributed by atoms with van der Waals surface area (Å²) in [5.74, 6) is -0.130. The zero-order valence-electron chi connectivity index (χ0n) is 32.8. The average molecular weight is 799 g/mol. The summed E-state index contributed by atoms with van der Waals surface area (Å²) in [6.45, 7) is 1.30. The Kier molecular flexibility index (Phi) is 12.6. The van der Waals surface area contributed by atoms with Gasteiger partial charge in [0, 0.05) is 43.0 Å². The molecule has 4 heterocycles. The second-order valence-corrected chi connectivity index (χ2v) is 14.4. The maximum Gasteiger partial charge on any atom is 0.407 e. The van der Waals surface area contributed by atoms with Gasteiger partial charge in [-0.05, 0) is 60.6 Å². The minimum Gasteiger partial charge on any atom is -0.453 e. The predicted octanol–water partition coefficient (Wildman–Crippen LogP) is 5.72. The molecule has 2 aromatic heterocycles. The van der Waals surface area contributed by atoms with E-state index in [0.29, 0.717) is 53.4 Å². The van der Waals surface area contributed by atoms with E-state index in [1.54, 1.807) is 70.7 Å². The van der Waals surface area contributed by atoms with Crippen molar-refractivity contribution < 1.29 is 33.4 Å². The van der Waals surface area contributed by atoms with Crippen LogP contribution in [0.2, 0.25) is 0 Å². The second kappa shape index (κ2) is 18.5. The Labute approximate surface area is 341 Å². The minimum absolute atomic E-state index is 0.228. The molecule has 4 N–H and O–H groups in total. The Morgan fingerprint density at radius 2 is 1.27 bits per heavy atom. The average Bonchev–Trinajstić information content (AvgIpc) is 4.09. The number of imidazole rings is 1. The van der Waals surface area contributed by atoms with E-state index in [4.69, 9.17) is 9.47 Å². The fourth-order valence-corrected chi connectivity index (χ4v) is 7.69. The number of rotatable bonds is 12. The van der Waals surface area contributed by atoms with Crippen molar-refractivity contribution in [2.75, 3.05) is 33.9 Å². The lowest BCUT2D eigenvalue weighted by Crippen LogP contribution is -2.48. The highest BCUT2D eigenvalue weighted by atomic mass is 16.5. The van der Waals surface area contributed by atoms with E-state index in [-0.39, 0.29) is 36.3 Å². The molecular formula is C44H46N8O7. The van der Waals surface area contributed by atoms with Gasteiger partial charge in [0.1, 0.15) is 17.9 Å². The first-order valence-corrected chi connectivity index (χ1v) is 19.5. The van der Waals surface area contributed by atoms with Crippen LogP contribution in [0.15, 0.2) is 109 Å². The number of pyridine rings is 1. The summed E-state index contributed by atoms with van der Waals surface area (Å²) in [7, 11) is 2.52. The van der Waals surface area contributed by atoms with Crippen molar-refractivity contribution >= 4 is 29.9 Å². The number of amides is 5. The largest absolute Gasteiger partial charge is 0.453 e. The van der Waals surface area contributed by atoms with Crippen LogP contribution >= 0.6 is 0 Å². The molecule has 15 heteroatoms. The topological polar surface area (TPSA) is 188 Å². The molecule has 3 aromatic carbocycles. The van der Waals surface area contributed by atoms with Gasteiger partial charge < -0.3 is 40.2 Å². The van der Waals surface area contributed by atoms with Crippen molar-refractivity contribution in [1.29, 1.82) is 0 Å². The van der Waals surface area contributed by atoms with Gasteiger partial charge in [-0.2, -0.15) is 0 Å². The van der Waals surface area contributed by atoms with Crippen molar-refractivity contribution in [3.05, 3.63) is 132 Å². The molecule has 0 bridgehead atoms. The first-order valence-electron chi connectivity index (χ1n) is 19.5. The van der Waals surface area contributed by atoms with Crippen LogP contribution in [0, 0.1) is 0 Å². The Morgan fingerprint density at radius 3 is 1.86 bits per heavy atom. The summed E-state index contributed by atoms with van der Waals surface area (Å²) in [4.78, 5) is 81.2. The van der Waals surface area contributed by atoms with Gasteiger partial charge in [0.25, 0.3) is 11.8 Å². The fourth-order valence-electron chi connectivity index (χ4n) is 7.69. The number of likely N-dealkylation sites (tertiary alicyclic amines) is 2. The van der Waals surface area contributed by atoms with Crippen molar-refractivity contribution in [1.82, 2.24) is 40.7 Å². The summed E-state index contributed by atoms with van der Waals surface area (Å²) in [6.07, 6.45) is 5.06. The summed E-state index contributed by atoms with van der Waals surface area (Å²) in [5, 5.41) is 8.33. The quantitative estimate of drug-likeness (QED) is 0.123. The molecule has 5 amide bonds. The first kappa shape index (κ1) is 40.2. The van der Waals surface area contributed by atoms with Gasteiger partial charge in [0.15, 0.2) is 0 Å². The summed E-state index contributed by atoms with van der Waals surface area (Å²) in [6, 6.07) is 26.8. The van der Waals surface area contributed by atoms with E-state index in [2.05, 4.69) is 30.9 Å². The van der Waals surface area contributed by atoms with Crippen molar-refractivity contribution in [2.45, 2.75) is 49.9 Å². The molecule has 2 saturated heterocycles. The summed E-state index contributed by atoms with van der Waals surface area (Å²) in [5.41, 5.74) is 4.87. The third-order valence-electron chi connectivity index (χ3n) is 10.8. The number of methoxy groups -OCH3 is 2. The highest BCUT2D eigenvalue weighted by Crippen LogP contribution is 2.34. The van der Waals surface area contributed by atoms with E-state index in [9.17, 15) is 24.0 Å². The highest BCUT2D eigenvalue weighted by Gasteiger charge is 2.38. The number of H-pyrrole nitrogens is 1. The normalized spacial score (nSPS) is 17.1. The van der Waals surface area contributed by atoms with Crippen LogP contribution in [0.4, 0.5) is 9.59 Å². The molecule has 0 unspecified atom stereocenters. The SMILES string of the molecule is COC(=O)N[C@@H](C(=O)N1CCC[C@H]1CNC(=O)c1ccc(-c2ccc(-c3cnc([C@@H]4CCCN4C(=O)[C@H](NC(=O)OC)c4ccccc4)[nH]3)nc2)cc1)c1ccccc1. The van der Waals surface area contributed by atoms with E-state index < -0.39 is 24.3 Å². The molecule has 0 aliphatic carbocycles. The second-order valence-electron chi connectivity index (χ2n) is 14.4. The van der Waals surface area contributed by atoms with Gasteiger partial charge in [0.05, 0.1) is 37.8 Å². The molecule has 2 aliphatic rings. The van der Waals surface area contributed by atoms with Crippen LogP contribution in [0.1, 0.15) is 71.1 Å². The number of benzene rings is 3. The lowest BCUT2D eigenvalue weighted by molar-refractivity contribution is -0.135. The van der Waals surface area contributed by atoms with Gasteiger partial charge in [-0.25, -0.2) is 14.6 Å². The highest BCUT2D eigenvalue weighted by molar-refractivity contribution is 5.95. The number of nitrogens with zero attached hydrogens (tertiary/aromatic N) is 4. The van der Waals surface area contributed by atoms with E-state index in [1.807, 2.05) is 48.5 Å². The molecule has 0 spiro atoms. The van der Waals surface area contributed by atoms with Crippen LogP contribution in [-0.4, -0.2) is 94.6 Å². The maximum atomic E-state index is 13.9. The van der Waals surface area contributed by atoms with Crippen LogP contribution in [-0.2, 0) is 19.1 Å². The van der Waals surface area contributed by atoms with Crippen molar-refractivity contribution in [3.8, 4) is 22.5 Å². The standard InChI is InChI=1S/C44H46N8O7/c1-58-43(56)49-37(29-11-5-3-6-12-29)41(54)51-23-9-15-33(51)26-47-40(53)31-19-17-28(18-20-31)32-21-22-34(45-25-32)35-27-46-39(48-35)36-16-10-24-52(36)42(55)38(50-44(57)59-2)30-13-7-4-8-14-30/h3-8,11-14,17-22,25,27,33,36-38H,9-10,15-16,23-24,26H2,1-2H3,(H,46,48)(H,47,53)(H,49,56)(H,50,57)/t33-,36-,37+,38+/m0/s1. The zero-order valence-corrected chi connectivity index (χ0v) is 32.8. The Hall–Kier alpha value is -7.03. The van der Waals surface area contributed by atoms with Gasteiger partial charge in [-0.15, -0.1) is 0 Å². The predicted molar refractivity (Wildman–Crippen MR) is 217 cm³/mol. The van der Waals surface area contributed by atoms with Crippen LogP contribution < -0.4 is 16.0 Å². The van der Waals surface area contributed by atoms with Crippen LogP contribution in [0.5, 0.6) is 0 Å². The van der Waals surface area contributed by atoms with Gasteiger partial charge in [-0.1, -0.05) is 78.9 Å². The molecule has 0 radical (unpaired) electrons. The Bertz CT molecular complexity index is 2250. The van der Waals surface area contributed by atoms with Gasteiger partial charge in [0.2, 0.25) is 5.91 Å². The maximum absolute atomic E-state index is 13.9. The molecule has 4 atom stereocenters. The summed E-state index contributed by atoms with van der Waals surface area (Å²) >= 11 is 0. The first-order chi connectivity index (χ1) is 28.7. The van der Waals surface area contributed by atoms with Crippen molar-refractivity contribution in [3.63, 3.8) is 0 Å². The minimum atomic E-state index is -0.911. The Balaban J connectivity index is 0.961. The molecule has 0 saturated carbocycles. The van der Waals surface area contributed by atoms with E-state index in [1.165, 1.54) is 14.2 Å². The molecule has 59 heavy (non-hydrogen) atoms. The molecular weight excluding hydrogens is 753 g/mol. The molecule has 7 rings (SSSR count). The molecule has 5 aromatic rings. The van der Waals surface area contributed by atoms with Crippen LogP contribution in [0.3, 0.4) is 0 Å². The lowest BCUT2D eigenvalue weighted by atomic mass is 10.0. The van der Waals surface area contributed by atoms with Gasteiger partial charge >= 0.3 is 12.2 Å². The van der Waals surface area contributed by atoms with Crippen molar-refractivity contribution in [2.24, 2.45) is 0 Å². The van der Waals surface area contributed by atoms with Gasteiger partial charge in [-0.3, -0.25) is 19.4 Å². The Morgan fingerprint density at radius 1 is 0.695 bits per heavy atom. The lowest BCUT2D eigenvalue weighted by Gasteiger charge is -2.29. The monoisotopic (exact) mass is 798 g/mol. The number of hydrogen-bond donors (Lipinski definition) is 4. The number of ether oxygens (including phenoxy) is 2. The van der Waals surface area contributed by atoms with E-state index >= 15 is 0 Å². The molecule has 15 nitrogen and oxygen atoms in total. The third-order valence-corrected chi connectivity index (χ3v) is 10.8. The molecule has 304 valence electrons. The number of hydrogen-bond acceptors (Lipinski definition) is 9. The number of aromatic amines is 1. The fraction of sp³-hybridized carbons (Fsp3) is 0.295.